The fourth-order valence-electron chi connectivity index (χ4n) is 4.06. The van der Waals surface area contributed by atoms with E-state index >= 15 is 0 Å². The molecule has 0 bridgehead atoms. The third-order valence-electron chi connectivity index (χ3n) is 5.19. The van der Waals surface area contributed by atoms with Crippen LogP contribution in [0.3, 0.4) is 0 Å². The van der Waals surface area contributed by atoms with Gasteiger partial charge in [0.2, 0.25) is 0 Å². The highest BCUT2D eigenvalue weighted by Crippen LogP contribution is 2.39. The second-order valence-electron chi connectivity index (χ2n) is 7.51. The molecule has 1 aliphatic heterocycles. The quantitative estimate of drug-likeness (QED) is 0.920. The zero-order valence-corrected chi connectivity index (χ0v) is 13.7. The molecule has 5 heteroatoms. The number of aromatic nitrogens is 3. The predicted octanol–water partition coefficient (Wildman–Crippen LogP) is 1.90. The van der Waals surface area contributed by atoms with Crippen LogP contribution < -0.4 is 5.32 Å². The molecule has 1 saturated carbocycles. The summed E-state index contributed by atoms with van der Waals surface area (Å²) in [5, 5.41) is 12.0. The van der Waals surface area contributed by atoms with Crippen molar-refractivity contribution >= 4 is 0 Å². The van der Waals surface area contributed by atoms with Crippen LogP contribution in [0.15, 0.2) is 6.33 Å². The Morgan fingerprint density at radius 1 is 1.38 bits per heavy atom. The van der Waals surface area contributed by atoms with Crippen LogP contribution in [0.5, 0.6) is 0 Å². The first-order valence-electron chi connectivity index (χ1n) is 8.40. The van der Waals surface area contributed by atoms with Crippen LogP contribution in [0.2, 0.25) is 0 Å². The van der Waals surface area contributed by atoms with Crippen LogP contribution in [0.4, 0.5) is 0 Å². The summed E-state index contributed by atoms with van der Waals surface area (Å²) in [6.45, 7) is 12.5. The Hall–Kier alpha value is -0.940. The van der Waals surface area contributed by atoms with Gasteiger partial charge in [-0.15, -0.1) is 10.2 Å². The number of hydrogen-bond acceptors (Lipinski definition) is 4. The van der Waals surface area contributed by atoms with Gasteiger partial charge in [-0.3, -0.25) is 4.90 Å². The van der Waals surface area contributed by atoms with E-state index in [1.807, 2.05) is 6.33 Å². The number of rotatable bonds is 4. The zero-order chi connectivity index (χ0) is 14.9. The average Bonchev–Trinajstić information content (AvgIpc) is 2.89. The number of nitrogens with one attached hydrogen (secondary N) is 1. The molecule has 1 fully saturated rings. The fourth-order valence-corrected chi connectivity index (χ4v) is 4.06. The van der Waals surface area contributed by atoms with Crippen molar-refractivity contribution in [3.8, 4) is 0 Å². The fraction of sp³-hybridized carbons (Fsp3) is 0.875. The second-order valence-corrected chi connectivity index (χ2v) is 7.51. The van der Waals surface area contributed by atoms with Gasteiger partial charge in [-0.05, 0) is 37.1 Å². The van der Waals surface area contributed by atoms with Gasteiger partial charge in [-0.25, -0.2) is 0 Å². The molecule has 0 aromatic carbocycles. The molecule has 3 rings (SSSR count). The van der Waals surface area contributed by atoms with Gasteiger partial charge in [0.1, 0.15) is 12.2 Å². The highest BCUT2D eigenvalue weighted by molar-refractivity contribution is 4.94. The molecule has 2 atom stereocenters. The Morgan fingerprint density at radius 3 is 3.05 bits per heavy atom. The zero-order valence-electron chi connectivity index (χ0n) is 13.7. The van der Waals surface area contributed by atoms with Crippen molar-refractivity contribution in [1.82, 2.24) is 25.0 Å². The Labute approximate surface area is 128 Å². The van der Waals surface area contributed by atoms with Crippen LogP contribution in [0, 0.1) is 11.3 Å². The van der Waals surface area contributed by atoms with E-state index in [9.17, 15) is 0 Å². The average molecular weight is 291 g/mol. The van der Waals surface area contributed by atoms with Crippen molar-refractivity contribution < 1.29 is 0 Å². The normalized spacial score (nSPS) is 29.3. The van der Waals surface area contributed by atoms with Crippen molar-refractivity contribution in [3.63, 3.8) is 0 Å². The lowest BCUT2D eigenvalue weighted by molar-refractivity contribution is 0.0887. The summed E-state index contributed by atoms with van der Waals surface area (Å²) < 4.78 is 2.18. The lowest BCUT2D eigenvalue weighted by Gasteiger charge is -2.43. The molecular weight excluding hydrogens is 262 g/mol. The minimum Gasteiger partial charge on any atom is -0.315 e. The minimum atomic E-state index is 0.492. The Bertz CT molecular complexity index is 467. The van der Waals surface area contributed by atoms with Gasteiger partial charge in [0.05, 0.1) is 6.54 Å². The van der Waals surface area contributed by atoms with Crippen molar-refractivity contribution in [2.24, 2.45) is 11.3 Å². The van der Waals surface area contributed by atoms with E-state index in [-0.39, 0.29) is 0 Å². The Balaban J connectivity index is 1.64. The van der Waals surface area contributed by atoms with E-state index in [0.29, 0.717) is 11.5 Å². The molecule has 118 valence electrons. The van der Waals surface area contributed by atoms with Gasteiger partial charge in [0, 0.05) is 25.7 Å². The summed E-state index contributed by atoms with van der Waals surface area (Å²) in [6.07, 6.45) is 5.84. The van der Waals surface area contributed by atoms with Crippen molar-refractivity contribution in [1.29, 1.82) is 0 Å². The van der Waals surface area contributed by atoms with Crippen LogP contribution in [0.25, 0.3) is 0 Å². The first-order valence-corrected chi connectivity index (χ1v) is 8.40. The molecule has 1 aliphatic carbocycles. The molecule has 0 radical (unpaired) electrons. The van der Waals surface area contributed by atoms with Gasteiger partial charge < -0.3 is 9.88 Å². The number of nitrogens with zero attached hydrogens (tertiary/aromatic N) is 4. The van der Waals surface area contributed by atoms with Crippen LogP contribution in [-0.4, -0.2) is 45.3 Å². The molecule has 1 aromatic rings. The summed E-state index contributed by atoms with van der Waals surface area (Å²) in [6, 6.07) is 0.683. The van der Waals surface area contributed by atoms with Crippen molar-refractivity contribution in [3.05, 3.63) is 12.2 Å². The molecule has 0 amide bonds. The summed E-state index contributed by atoms with van der Waals surface area (Å²) in [5.74, 6) is 1.87. The summed E-state index contributed by atoms with van der Waals surface area (Å²) in [7, 11) is 0. The maximum Gasteiger partial charge on any atom is 0.147 e. The van der Waals surface area contributed by atoms with E-state index in [4.69, 9.17) is 0 Å². The first-order chi connectivity index (χ1) is 10.1. The topological polar surface area (TPSA) is 46.0 Å². The van der Waals surface area contributed by atoms with Crippen molar-refractivity contribution in [2.75, 3.05) is 19.6 Å². The minimum absolute atomic E-state index is 0.492. The maximum atomic E-state index is 4.24. The predicted molar refractivity (Wildman–Crippen MR) is 83.9 cm³/mol. The monoisotopic (exact) mass is 291 g/mol. The van der Waals surface area contributed by atoms with Gasteiger partial charge in [-0.1, -0.05) is 20.8 Å². The van der Waals surface area contributed by atoms with Gasteiger partial charge in [0.25, 0.3) is 0 Å². The number of hydrogen-bond donors (Lipinski definition) is 1. The molecule has 0 spiro atoms. The standard InChI is InChI=1S/C16H29N5/c1-4-17-14-5-6-16(2,3)9-13(14)10-20-7-8-21-12-18-19-15(21)11-20/h12-14,17H,4-11H2,1-3H3. The molecule has 0 saturated heterocycles. The van der Waals surface area contributed by atoms with Gasteiger partial charge >= 0.3 is 0 Å². The molecule has 2 unspecified atom stereocenters. The van der Waals surface area contributed by atoms with Crippen molar-refractivity contribution in [2.45, 2.75) is 59.2 Å². The molecule has 1 N–H and O–H groups in total. The largest absolute Gasteiger partial charge is 0.315 e. The summed E-state index contributed by atoms with van der Waals surface area (Å²) in [5.41, 5.74) is 0.492. The Morgan fingerprint density at radius 2 is 2.24 bits per heavy atom. The van der Waals surface area contributed by atoms with Crippen LogP contribution >= 0.6 is 0 Å². The van der Waals surface area contributed by atoms with E-state index in [1.54, 1.807) is 0 Å². The first kappa shape index (κ1) is 15.0. The lowest BCUT2D eigenvalue weighted by Crippen LogP contribution is -2.48. The van der Waals surface area contributed by atoms with E-state index in [0.717, 1.165) is 37.9 Å². The van der Waals surface area contributed by atoms with E-state index in [2.05, 4.69) is 45.8 Å². The van der Waals surface area contributed by atoms with Gasteiger partial charge in [0.15, 0.2) is 0 Å². The van der Waals surface area contributed by atoms with E-state index < -0.39 is 0 Å². The van der Waals surface area contributed by atoms with E-state index in [1.165, 1.54) is 25.8 Å². The highest BCUT2D eigenvalue weighted by Gasteiger charge is 2.35. The summed E-state index contributed by atoms with van der Waals surface area (Å²) in [4.78, 5) is 2.57. The molecule has 21 heavy (non-hydrogen) atoms. The summed E-state index contributed by atoms with van der Waals surface area (Å²) >= 11 is 0. The molecule has 1 aromatic heterocycles. The second kappa shape index (κ2) is 6.05. The maximum absolute atomic E-state index is 4.24. The van der Waals surface area contributed by atoms with Crippen LogP contribution in [0.1, 0.15) is 45.9 Å². The highest BCUT2D eigenvalue weighted by atomic mass is 15.3. The lowest BCUT2D eigenvalue weighted by atomic mass is 9.69. The molecule has 2 heterocycles. The molecule has 2 aliphatic rings. The molecule has 5 nitrogen and oxygen atoms in total. The SMILES string of the molecule is CCNC1CCC(C)(C)CC1CN1CCn2cnnc2C1. The molecular formula is C16H29N5. The smallest absolute Gasteiger partial charge is 0.147 e. The third kappa shape index (κ3) is 3.46. The Kier molecular flexibility index (Phi) is 4.31. The number of fused-ring (bicyclic) bond motifs is 1. The third-order valence-corrected chi connectivity index (χ3v) is 5.19. The van der Waals surface area contributed by atoms with Crippen LogP contribution in [-0.2, 0) is 13.1 Å². The van der Waals surface area contributed by atoms with Gasteiger partial charge in [-0.2, -0.15) is 0 Å².